The molecule has 1 atom stereocenters. The molecule has 8 nitrogen and oxygen atoms in total. The third-order valence-electron chi connectivity index (χ3n) is 5.90. The van der Waals surface area contributed by atoms with Gasteiger partial charge in [-0.25, -0.2) is 8.42 Å². The average Bonchev–Trinajstić information content (AvgIpc) is 2.87. The van der Waals surface area contributed by atoms with Crippen molar-refractivity contribution < 1.29 is 18.0 Å². The van der Waals surface area contributed by atoms with Crippen LogP contribution in [0, 0.1) is 11.3 Å². The van der Waals surface area contributed by atoms with Crippen molar-refractivity contribution in [3.63, 3.8) is 0 Å². The third-order valence-corrected chi connectivity index (χ3v) is 7.37. The van der Waals surface area contributed by atoms with Gasteiger partial charge in [-0.15, -0.1) is 0 Å². The van der Waals surface area contributed by atoms with E-state index in [-0.39, 0.29) is 17.2 Å². The van der Waals surface area contributed by atoms with E-state index in [0.717, 1.165) is 17.2 Å². The maximum Gasteiger partial charge on any atom is 0.241 e. The highest BCUT2D eigenvalue weighted by molar-refractivity contribution is 7.89. The molecule has 0 saturated carbocycles. The van der Waals surface area contributed by atoms with Crippen LogP contribution in [0.2, 0.25) is 0 Å². The molecule has 0 aliphatic carbocycles. The molecule has 0 radical (unpaired) electrons. The standard InChI is InChI=1S/C25H24N4O4S/c26-17-20-5-3-4-19(14-20)15-24(25(31)29-12-10-28(18-30)11-13-29)27-34(32,33)23-9-8-21-6-1-2-7-22(21)16-23/h1-9,14,16,18,24,27H,10-13,15H2/t24-/m1/s1. The number of hydrogen-bond donors (Lipinski definition) is 1. The first-order valence-electron chi connectivity index (χ1n) is 10.9. The minimum absolute atomic E-state index is 0.0700. The molecule has 34 heavy (non-hydrogen) atoms. The maximum absolute atomic E-state index is 13.4. The van der Waals surface area contributed by atoms with Crippen LogP contribution in [0.25, 0.3) is 10.8 Å². The topological polar surface area (TPSA) is 111 Å². The lowest BCUT2D eigenvalue weighted by Crippen LogP contribution is -2.55. The summed E-state index contributed by atoms with van der Waals surface area (Å²) in [4.78, 5) is 27.6. The number of benzene rings is 3. The fourth-order valence-electron chi connectivity index (χ4n) is 4.04. The van der Waals surface area contributed by atoms with Gasteiger partial charge in [-0.3, -0.25) is 9.59 Å². The van der Waals surface area contributed by atoms with E-state index in [2.05, 4.69) is 10.8 Å². The quantitative estimate of drug-likeness (QED) is 0.524. The number of rotatable bonds is 7. The average molecular weight is 477 g/mol. The van der Waals surface area contributed by atoms with Gasteiger partial charge in [0.2, 0.25) is 22.3 Å². The van der Waals surface area contributed by atoms with Crippen LogP contribution in [-0.4, -0.2) is 62.8 Å². The zero-order valence-electron chi connectivity index (χ0n) is 18.4. The van der Waals surface area contributed by atoms with Crippen molar-refractivity contribution in [1.29, 1.82) is 5.26 Å². The number of nitrogens with zero attached hydrogens (tertiary/aromatic N) is 3. The van der Waals surface area contributed by atoms with Crippen molar-refractivity contribution in [3.8, 4) is 6.07 Å². The smallest absolute Gasteiger partial charge is 0.241 e. The molecular weight excluding hydrogens is 452 g/mol. The van der Waals surface area contributed by atoms with Gasteiger partial charge in [-0.05, 0) is 47.0 Å². The molecular formula is C25H24N4O4S. The second-order valence-corrected chi connectivity index (χ2v) is 9.88. The van der Waals surface area contributed by atoms with E-state index in [1.807, 2.05) is 24.3 Å². The summed E-state index contributed by atoms with van der Waals surface area (Å²) in [7, 11) is -4.01. The summed E-state index contributed by atoms with van der Waals surface area (Å²) in [5, 5.41) is 10.9. The van der Waals surface area contributed by atoms with E-state index in [0.29, 0.717) is 37.3 Å². The monoisotopic (exact) mass is 476 g/mol. The van der Waals surface area contributed by atoms with Crippen molar-refractivity contribution in [2.24, 2.45) is 0 Å². The van der Waals surface area contributed by atoms with E-state index in [9.17, 15) is 23.3 Å². The van der Waals surface area contributed by atoms with E-state index >= 15 is 0 Å². The minimum Gasteiger partial charge on any atom is -0.342 e. The molecule has 3 aromatic carbocycles. The molecule has 1 aliphatic heterocycles. The van der Waals surface area contributed by atoms with Gasteiger partial charge in [0.1, 0.15) is 6.04 Å². The maximum atomic E-state index is 13.4. The molecule has 174 valence electrons. The number of carbonyl (C=O) groups excluding carboxylic acids is 2. The molecule has 9 heteroatoms. The molecule has 0 spiro atoms. The number of piperazine rings is 1. The van der Waals surface area contributed by atoms with Crippen molar-refractivity contribution in [3.05, 3.63) is 77.9 Å². The minimum atomic E-state index is -4.01. The van der Waals surface area contributed by atoms with Crippen LogP contribution >= 0.6 is 0 Å². The highest BCUT2D eigenvalue weighted by Crippen LogP contribution is 2.20. The Morgan fingerprint density at radius 1 is 1.00 bits per heavy atom. The zero-order chi connectivity index (χ0) is 24.1. The number of sulfonamides is 1. The van der Waals surface area contributed by atoms with E-state index in [1.165, 1.54) is 6.07 Å². The fraction of sp³-hybridized carbons (Fsp3) is 0.240. The molecule has 0 aromatic heterocycles. The Bertz CT molecular complexity index is 1360. The van der Waals surface area contributed by atoms with Crippen molar-refractivity contribution in [2.75, 3.05) is 26.2 Å². The number of amides is 2. The summed E-state index contributed by atoms with van der Waals surface area (Å²) >= 11 is 0. The molecule has 2 amide bonds. The Balaban J connectivity index is 1.62. The third kappa shape index (κ3) is 5.25. The molecule has 1 heterocycles. The largest absolute Gasteiger partial charge is 0.342 e. The fourth-order valence-corrected chi connectivity index (χ4v) is 5.27. The van der Waals surface area contributed by atoms with Gasteiger partial charge in [0.05, 0.1) is 16.5 Å². The van der Waals surface area contributed by atoms with Crippen molar-refractivity contribution in [1.82, 2.24) is 14.5 Å². The summed E-state index contributed by atoms with van der Waals surface area (Å²) in [6, 6.07) is 20.0. The summed E-state index contributed by atoms with van der Waals surface area (Å²) < 4.78 is 29.2. The molecule has 0 unspecified atom stereocenters. The Morgan fingerprint density at radius 3 is 2.44 bits per heavy atom. The lowest BCUT2D eigenvalue weighted by Gasteiger charge is -2.34. The normalized spacial score (nSPS) is 15.0. The predicted molar refractivity (Wildman–Crippen MR) is 127 cm³/mol. The molecule has 3 aromatic rings. The van der Waals surface area contributed by atoms with E-state index in [1.54, 1.807) is 46.2 Å². The highest BCUT2D eigenvalue weighted by Gasteiger charge is 2.31. The number of carbonyl (C=O) groups is 2. The zero-order valence-corrected chi connectivity index (χ0v) is 19.2. The van der Waals surface area contributed by atoms with Crippen LogP contribution in [-0.2, 0) is 26.0 Å². The van der Waals surface area contributed by atoms with Crippen molar-refractivity contribution in [2.45, 2.75) is 17.4 Å². The molecule has 1 aliphatic rings. The van der Waals surface area contributed by atoms with Crippen LogP contribution in [0.15, 0.2) is 71.6 Å². The van der Waals surface area contributed by atoms with Crippen molar-refractivity contribution >= 4 is 33.1 Å². The first-order chi connectivity index (χ1) is 16.4. The van der Waals surface area contributed by atoms with E-state index in [4.69, 9.17) is 0 Å². The summed E-state index contributed by atoms with van der Waals surface area (Å²) in [6.07, 6.45) is 0.837. The second-order valence-electron chi connectivity index (χ2n) is 8.17. The Labute approximate surface area is 198 Å². The summed E-state index contributed by atoms with van der Waals surface area (Å²) in [5.74, 6) is -0.364. The van der Waals surface area contributed by atoms with Gasteiger partial charge >= 0.3 is 0 Å². The Morgan fingerprint density at radius 2 is 1.74 bits per heavy atom. The summed E-state index contributed by atoms with van der Waals surface area (Å²) in [5.41, 5.74) is 1.10. The first-order valence-corrected chi connectivity index (χ1v) is 12.4. The molecule has 1 N–H and O–H groups in total. The van der Waals surface area contributed by atoms with Gasteiger partial charge in [0.25, 0.3) is 0 Å². The molecule has 1 saturated heterocycles. The van der Waals surface area contributed by atoms with Gasteiger partial charge in [-0.2, -0.15) is 9.98 Å². The van der Waals surface area contributed by atoms with Gasteiger partial charge in [0.15, 0.2) is 0 Å². The molecule has 4 rings (SSSR count). The van der Waals surface area contributed by atoms with Crippen LogP contribution in [0.1, 0.15) is 11.1 Å². The lowest BCUT2D eigenvalue weighted by molar-refractivity contribution is -0.136. The molecule has 0 bridgehead atoms. The second kappa shape index (κ2) is 10.0. The van der Waals surface area contributed by atoms with Gasteiger partial charge in [-0.1, -0.05) is 42.5 Å². The number of nitrogens with one attached hydrogen (secondary N) is 1. The van der Waals surface area contributed by atoms with Crippen LogP contribution in [0.4, 0.5) is 0 Å². The van der Waals surface area contributed by atoms with E-state index < -0.39 is 16.1 Å². The predicted octanol–water partition coefficient (Wildman–Crippen LogP) is 1.90. The summed E-state index contributed by atoms with van der Waals surface area (Å²) in [6.45, 7) is 1.43. The van der Waals surface area contributed by atoms with Gasteiger partial charge < -0.3 is 9.80 Å². The highest BCUT2D eigenvalue weighted by atomic mass is 32.2. The number of nitriles is 1. The van der Waals surface area contributed by atoms with Crippen LogP contribution < -0.4 is 4.72 Å². The SMILES string of the molecule is N#Cc1cccc(C[C@@H](NS(=O)(=O)c2ccc3ccccc3c2)C(=O)N2CCN(C=O)CC2)c1. The van der Waals surface area contributed by atoms with Crippen LogP contribution in [0.5, 0.6) is 0 Å². The first kappa shape index (κ1) is 23.4. The molecule has 1 fully saturated rings. The lowest BCUT2D eigenvalue weighted by atomic mass is 10.0. The number of hydrogen-bond acceptors (Lipinski definition) is 5. The Kier molecular flexibility index (Phi) is 6.91. The Hall–Kier alpha value is -3.74. The van der Waals surface area contributed by atoms with Gasteiger partial charge in [0, 0.05) is 26.2 Å². The number of fused-ring (bicyclic) bond motifs is 1. The van der Waals surface area contributed by atoms with Crippen LogP contribution in [0.3, 0.4) is 0 Å².